The van der Waals surface area contributed by atoms with Gasteiger partial charge in [0.15, 0.2) is 0 Å². The van der Waals surface area contributed by atoms with Gasteiger partial charge in [0.2, 0.25) is 0 Å². The highest BCUT2D eigenvalue weighted by atomic mass is 32.1. The zero-order valence-corrected chi connectivity index (χ0v) is 10.5. The van der Waals surface area contributed by atoms with E-state index in [0.29, 0.717) is 5.56 Å². The van der Waals surface area contributed by atoms with Crippen LogP contribution >= 0.6 is 12.2 Å². The second-order valence-corrected chi connectivity index (χ2v) is 4.07. The molecule has 0 bridgehead atoms. The van der Waals surface area contributed by atoms with Gasteiger partial charge in [-0.25, -0.2) is 0 Å². The lowest BCUT2D eigenvalue weighted by atomic mass is 10.2. The second kappa shape index (κ2) is 6.01. The summed E-state index contributed by atoms with van der Waals surface area (Å²) in [5.74, 6) is 0. The summed E-state index contributed by atoms with van der Waals surface area (Å²) in [6, 6.07) is 6.92. The molecule has 1 aromatic carbocycles. The Morgan fingerprint density at radius 1 is 1.33 bits per heavy atom. The van der Waals surface area contributed by atoms with Crippen molar-refractivity contribution >= 4 is 22.9 Å². The summed E-state index contributed by atoms with van der Waals surface area (Å²) in [6.45, 7) is -0.289. The Kier molecular flexibility index (Phi) is 4.92. The molecule has 100 valence electrons. The second-order valence-electron chi connectivity index (χ2n) is 3.63. The number of nitrogens with zero attached hydrogens (tertiary/aromatic N) is 1. The molecule has 1 rings (SSSR count). The minimum atomic E-state index is -4.59. The number of benzene rings is 1. The van der Waals surface area contributed by atoms with E-state index in [2.05, 4.69) is 4.74 Å². The maximum atomic E-state index is 11.8. The summed E-state index contributed by atoms with van der Waals surface area (Å²) < 4.78 is 39.0. The Balaban J connectivity index is 2.51. The van der Waals surface area contributed by atoms with Gasteiger partial charge in [-0.15, -0.1) is 13.2 Å². The van der Waals surface area contributed by atoms with E-state index in [4.69, 9.17) is 18.0 Å². The van der Waals surface area contributed by atoms with Crippen molar-refractivity contribution in [3.63, 3.8) is 0 Å². The van der Waals surface area contributed by atoms with E-state index in [1.54, 1.807) is 36.2 Å². The van der Waals surface area contributed by atoms with Gasteiger partial charge in [0.05, 0.1) is 6.61 Å². The van der Waals surface area contributed by atoms with Crippen LogP contribution in [-0.2, 0) is 4.74 Å². The van der Waals surface area contributed by atoms with Gasteiger partial charge in [0, 0.05) is 24.8 Å². The van der Waals surface area contributed by atoms with Crippen molar-refractivity contribution in [3.05, 3.63) is 29.8 Å². The third kappa shape index (κ3) is 4.89. The smallest absolute Gasteiger partial charge is 0.389 e. The predicted octanol–water partition coefficient (Wildman–Crippen LogP) is 2.29. The molecular weight excluding hydrogens is 265 g/mol. The average molecular weight is 278 g/mol. The summed E-state index contributed by atoms with van der Waals surface area (Å²) in [7, 11) is 1.68. The van der Waals surface area contributed by atoms with Gasteiger partial charge in [-0.2, -0.15) is 0 Å². The van der Waals surface area contributed by atoms with E-state index in [1.165, 1.54) is 0 Å². The van der Waals surface area contributed by atoms with Gasteiger partial charge in [0.25, 0.3) is 0 Å². The van der Waals surface area contributed by atoms with E-state index in [0.717, 1.165) is 5.69 Å². The molecule has 18 heavy (non-hydrogen) atoms. The fourth-order valence-corrected chi connectivity index (χ4v) is 1.44. The van der Waals surface area contributed by atoms with Crippen LogP contribution in [0.15, 0.2) is 24.3 Å². The fourth-order valence-electron chi connectivity index (χ4n) is 1.31. The van der Waals surface area contributed by atoms with Gasteiger partial charge < -0.3 is 10.6 Å². The number of thiocarbonyl (C=S) groups is 1. The Labute approximate surface area is 108 Å². The largest absolute Gasteiger partial charge is 0.522 e. The number of likely N-dealkylation sites (N-methyl/N-ethyl adjacent to an activating group) is 1. The molecular formula is C11H13F3N2OS. The van der Waals surface area contributed by atoms with Gasteiger partial charge >= 0.3 is 6.36 Å². The van der Waals surface area contributed by atoms with Crippen molar-refractivity contribution in [2.75, 3.05) is 25.1 Å². The van der Waals surface area contributed by atoms with Gasteiger partial charge in [-0.1, -0.05) is 12.2 Å². The number of alkyl halides is 3. The average Bonchev–Trinajstić information content (AvgIpc) is 2.27. The third-order valence-corrected chi connectivity index (χ3v) is 2.52. The van der Waals surface area contributed by atoms with E-state index in [1.807, 2.05) is 0 Å². The molecule has 0 aromatic heterocycles. The minimum Gasteiger partial charge on any atom is -0.389 e. The predicted molar refractivity (Wildman–Crippen MR) is 67.6 cm³/mol. The highest BCUT2D eigenvalue weighted by Crippen LogP contribution is 2.17. The molecule has 2 N–H and O–H groups in total. The van der Waals surface area contributed by atoms with E-state index < -0.39 is 13.0 Å². The van der Waals surface area contributed by atoms with E-state index in [9.17, 15) is 13.2 Å². The number of anilines is 1. The van der Waals surface area contributed by atoms with Crippen molar-refractivity contribution in [2.45, 2.75) is 6.36 Å². The van der Waals surface area contributed by atoms with Crippen LogP contribution in [0.5, 0.6) is 0 Å². The molecule has 0 atom stereocenters. The van der Waals surface area contributed by atoms with Crippen molar-refractivity contribution in [1.29, 1.82) is 0 Å². The van der Waals surface area contributed by atoms with Crippen molar-refractivity contribution in [1.82, 2.24) is 0 Å². The lowest BCUT2D eigenvalue weighted by Crippen LogP contribution is -2.26. The zero-order valence-electron chi connectivity index (χ0n) is 9.70. The normalized spacial score (nSPS) is 11.3. The van der Waals surface area contributed by atoms with Crippen LogP contribution in [0.25, 0.3) is 0 Å². The van der Waals surface area contributed by atoms with Crippen LogP contribution in [0, 0.1) is 0 Å². The monoisotopic (exact) mass is 278 g/mol. The van der Waals surface area contributed by atoms with Crippen LogP contribution < -0.4 is 10.6 Å². The van der Waals surface area contributed by atoms with E-state index >= 15 is 0 Å². The Morgan fingerprint density at radius 3 is 2.33 bits per heavy atom. The number of halogens is 3. The Bertz CT molecular complexity index is 406. The number of hydrogen-bond donors (Lipinski definition) is 1. The standard InChI is InChI=1S/C11H13F3N2OS/c1-16(6-7-17-11(12,13)14)9-4-2-8(3-5-9)10(15)18/h2-5H,6-7H2,1H3,(H2,15,18). The maximum absolute atomic E-state index is 11.8. The molecule has 0 unspecified atom stereocenters. The van der Waals surface area contributed by atoms with Crippen molar-refractivity contribution < 1.29 is 17.9 Å². The molecule has 0 aliphatic rings. The molecule has 0 saturated heterocycles. The van der Waals surface area contributed by atoms with Crippen LogP contribution in [0.4, 0.5) is 18.9 Å². The van der Waals surface area contributed by atoms with Gasteiger partial charge in [-0.3, -0.25) is 4.74 Å². The first-order valence-electron chi connectivity index (χ1n) is 5.11. The topological polar surface area (TPSA) is 38.5 Å². The highest BCUT2D eigenvalue weighted by molar-refractivity contribution is 7.80. The molecule has 0 heterocycles. The maximum Gasteiger partial charge on any atom is 0.522 e. The van der Waals surface area contributed by atoms with Gasteiger partial charge in [-0.05, 0) is 24.3 Å². The summed E-state index contributed by atoms with van der Waals surface area (Å²) in [5.41, 5.74) is 6.92. The van der Waals surface area contributed by atoms with Crippen molar-refractivity contribution in [2.24, 2.45) is 5.73 Å². The van der Waals surface area contributed by atoms with Crippen LogP contribution in [0.3, 0.4) is 0 Å². The molecule has 1 aromatic rings. The van der Waals surface area contributed by atoms with Crippen LogP contribution in [0.2, 0.25) is 0 Å². The zero-order chi connectivity index (χ0) is 13.8. The minimum absolute atomic E-state index is 0.131. The molecule has 7 heteroatoms. The first-order chi connectivity index (χ1) is 8.29. The SMILES string of the molecule is CN(CCOC(F)(F)F)c1ccc(C(N)=S)cc1. The number of hydrogen-bond acceptors (Lipinski definition) is 3. The number of rotatable bonds is 5. The fraction of sp³-hybridized carbons (Fsp3) is 0.364. The number of nitrogens with two attached hydrogens (primary N) is 1. The molecule has 0 aliphatic carbocycles. The molecule has 0 radical (unpaired) electrons. The third-order valence-electron chi connectivity index (χ3n) is 2.29. The first kappa shape index (κ1) is 14.7. The van der Waals surface area contributed by atoms with Crippen molar-refractivity contribution in [3.8, 4) is 0 Å². The van der Waals surface area contributed by atoms with Crippen LogP contribution in [-0.4, -0.2) is 31.6 Å². The molecule has 0 aliphatic heterocycles. The van der Waals surface area contributed by atoms with Crippen LogP contribution in [0.1, 0.15) is 5.56 Å². The Morgan fingerprint density at radius 2 is 1.89 bits per heavy atom. The summed E-state index contributed by atoms with van der Waals surface area (Å²) in [4.78, 5) is 1.93. The Hall–Kier alpha value is -1.34. The van der Waals surface area contributed by atoms with E-state index in [-0.39, 0.29) is 11.5 Å². The summed E-state index contributed by atoms with van der Waals surface area (Å²) in [6.07, 6.45) is -4.59. The molecule has 3 nitrogen and oxygen atoms in total. The summed E-state index contributed by atoms with van der Waals surface area (Å²) in [5, 5.41) is 0. The first-order valence-corrected chi connectivity index (χ1v) is 5.52. The lowest BCUT2D eigenvalue weighted by Gasteiger charge is -2.19. The number of ether oxygens (including phenoxy) is 1. The molecule has 0 spiro atoms. The molecule has 0 amide bonds. The quantitative estimate of drug-likeness (QED) is 0.839. The summed E-state index contributed by atoms with van der Waals surface area (Å²) >= 11 is 4.80. The van der Waals surface area contributed by atoms with Gasteiger partial charge in [0.1, 0.15) is 4.99 Å². The molecule has 0 fully saturated rings. The lowest BCUT2D eigenvalue weighted by molar-refractivity contribution is -0.323. The highest BCUT2D eigenvalue weighted by Gasteiger charge is 2.28. The molecule has 0 saturated carbocycles.